The van der Waals surface area contributed by atoms with E-state index in [4.69, 9.17) is 0 Å². The molecule has 1 atom stereocenters. The fourth-order valence-corrected chi connectivity index (χ4v) is 1.40. The van der Waals surface area contributed by atoms with Crippen LogP contribution in [0.4, 0.5) is 5.69 Å². The molecule has 0 saturated carbocycles. The fourth-order valence-electron chi connectivity index (χ4n) is 1.40. The number of hydrogen-bond donors (Lipinski definition) is 2. The lowest BCUT2D eigenvalue weighted by molar-refractivity contribution is -0.114. The largest absolute Gasteiger partial charge is 0.349 e. The summed E-state index contributed by atoms with van der Waals surface area (Å²) >= 11 is 0. The molecule has 0 aliphatic carbocycles. The van der Waals surface area contributed by atoms with Crippen LogP contribution in [0.5, 0.6) is 0 Å². The molecule has 98 valence electrons. The van der Waals surface area contributed by atoms with Crippen LogP contribution in [-0.2, 0) is 4.79 Å². The highest BCUT2D eigenvalue weighted by Gasteiger charge is 2.12. The number of carbonyl (C=O) groups is 2. The van der Waals surface area contributed by atoms with Gasteiger partial charge in [0, 0.05) is 24.2 Å². The van der Waals surface area contributed by atoms with Crippen LogP contribution in [0.1, 0.15) is 38.1 Å². The number of amides is 2. The third kappa shape index (κ3) is 4.20. The first-order valence-electron chi connectivity index (χ1n) is 6.08. The van der Waals surface area contributed by atoms with E-state index >= 15 is 0 Å². The van der Waals surface area contributed by atoms with Gasteiger partial charge in [-0.15, -0.1) is 0 Å². The van der Waals surface area contributed by atoms with Gasteiger partial charge in [0.15, 0.2) is 0 Å². The van der Waals surface area contributed by atoms with Crippen molar-refractivity contribution in [1.29, 1.82) is 0 Å². The Labute approximate surface area is 108 Å². The zero-order chi connectivity index (χ0) is 13.7. The molecule has 2 amide bonds. The number of anilines is 1. The minimum Gasteiger partial charge on any atom is -0.349 e. The molecule has 0 aliphatic heterocycles. The van der Waals surface area contributed by atoms with E-state index in [2.05, 4.69) is 24.5 Å². The Balaban J connectivity index is 2.77. The van der Waals surface area contributed by atoms with Gasteiger partial charge in [-0.25, -0.2) is 0 Å². The topological polar surface area (TPSA) is 58.2 Å². The molecule has 0 aliphatic rings. The van der Waals surface area contributed by atoms with Gasteiger partial charge in [0.2, 0.25) is 5.91 Å². The molecule has 1 aromatic rings. The molecule has 1 rings (SSSR count). The maximum atomic E-state index is 12.0. The zero-order valence-corrected chi connectivity index (χ0v) is 11.3. The summed E-state index contributed by atoms with van der Waals surface area (Å²) in [5.74, 6) is 0.110. The zero-order valence-electron chi connectivity index (χ0n) is 11.3. The SMILES string of the molecule is CC(=O)Nc1cccc(C(=O)N[C@@H](C)C(C)C)c1. The predicted octanol–water partition coefficient (Wildman–Crippen LogP) is 2.42. The summed E-state index contributed by atoms with van der Waals surface area (Å²) in [5.41, 5.74) is 1.18. The van der Waals surface area contributed by atoms with Crippen LogP contribution < -0.4 is 10.6 Å². The summed E-state index contributed by atoms with van der Waals surface area (Å²) < 4.78 is 0. The van der Waals surface area contributed by atoms with Crippen molar-refractivity contribution in [3.05, 3.63) is 29.8 Å². The Morgan fingerprint density at radius 1 is 1.17 bits per heavy atom. The third-order valence-corrected chi connectivity index (χ3v) is 2.80. The molecule has 0 unspecified atom stereocenters. The third-order valence-electron chi connectivity index (χ3n) is 2.80. The molecular formula is C14H20N2O2. The highest BCUT2D eigenvalue weighted by Crippen LogP contribution is 2.11. The van der Waals surface area contributed by atoms with E-state index in [9.17, 15) is 9.59 Å². The molecule has 0 aromatic heterocycles. The fraction of sp³-hybridized carbons (Fsp3) is 0.429. The van der Waals surface area contributed by atoms with Gasteiger partial charge in [0.25, 0.3) is 5.91 Å². The van der Waals surface area contributed by atoms with Crippen LogP contribution in [0.3, 0.4) is 0 Å². The van der Waals surface area contributed by atoms with Crippen molar-refractivity contribution in [2.45, 2.75) is 33.7 Å². The molecule has 0 saturated heterocycles. The summed E-state index contributed by atoms with van der Waals surface area (Å²) in [4.78, 5) is 22.9. The van der Waals surface area contributed by atoms with E-state index in [1.807, 2.05) is 6.92 Å². The standard InChI is InChI=1S/C14H20N2O2/c1-9(2)10(3)15-14(18)12-6-5-7-13(8-12)16-11(4)17/h5-10H,1-4H3,(H,15,18)(H,16,17)/t10-/m0/s1. The lowest BCUT2D eigenvalue weighted by Gasteiger charge is -2.17. The van der Waals surface area contributed by atoms with Crippen molar-refractivity contribution in [3.63, 3.8) is 0 Å². The van der Waals surface area contributed by atoms with Gasteiger partial charge in [-0.3, -0.25) is 9.59 Å². The molecule has 18 heavy (non-hydrogen) atoms. The molecule has 0 heterocycles. The van der Waals surface area contributed by atoms with Gasteiger partial charge < -0.3 is 10.6 Å². The number of carbonyl (C=O) groups excluding carboxylic acids is 2. The summed E-state index contributed by atoms with van der Waals surface area (Å²) in [7, 11) is 0. The van der Waals surface area contributed by atoms with Crippen molar-refractivity contribution in [2.24, 2.45) is 5.92 Å². The molecule has 2 N–H and O–H groups in total. The number of benzene rings is 1. The van der Waals surface area contributed by atoms with Crippen molar-refractivity contribution < 1.29 is 9.59 Å². The van der Waals surface area contributed by atoms with Crippen LogP contribution in [-0.4, -0.2) is 17.9 Å². The first-order chi connectivity index (χ1) is 8.40. The summed E-state index contributed by atoms with van der Waals surface area (Å²) in [6, 6.07) is 7.02. The van der Waals surface area contributed by atoms with Gasteiger partial charge in [-0.2, -0.15) is 0 Å². The van der Waals surface area contributed by atoms with Crippen LogP contribution in [0.25, 0.3) is 0 Å². The second-order valence-electron chi connectivity index (χ2n) is 4.77. The van der Waals surface area contributed by atoms with Crippen LogP contribution in [0, 0.1) is 5.92 Å². The van der Waals surface area contributed by atoms with Crippen molar-refractivity contribution in [2.75, 3.05) is 5.32 Å². The Kier molecular flexibility index (Phi) is 4.89. The summed E-state index contributed by atoms with van der Waals surface area (Å²) in [6.45, 7) is 7.52. The van der Waals surface area contributed by atoms with Crippen LogP contribution in [0.2, 0.25) is 0 Å². The van der Waals surface area contributed by atoms with Crippen LogP contribution >= 0.6 is 0 Å². The molecule has 1 aromatic carbocycles. The van der Waals surface area contributed by atoms with Gasteiger partial charge >= 0.3 is 0 Å². The van der Waals surface area contributed by atoms with Gasteiger partial charge in [0.05, 0.1) is 0 Å². The van der Waals surface area contributed by atoms with E-state index in [1.165, 1.54) is 6.92 Å². The quantitative estimate of drug-likeness (QED) is 0.859. The first-order valence-corrected chi connectivity index (χ1v) is 6.08. The van der Waals surface area contributed by atoms with E-state index in [0.29, 0.717) is 17.2 Å². The average Bonchev–Trinajstić information content (AvgIpc) is 2.28. The molecule has 0 radical (unpaired) electrons. The highest BCUT2D eigenvalue weighted by atomic mass is 16.2. The monoisotopic (exact) mass is 248 g/mol. The minimum absolute atomic E-state index is 0.113. The maximum absolute atomic E-state index is 12.0. The highest BCUT2D eigenvalue weighted by molar-refractivity contribution is 5.96. The Bertz CT molecular complexity index is 441. The first kappa shape index (κ1) is 14.2. The average molecular weight is 248 g/mol. The molecule has 0 bridgehead atoms. The molecular weight excluding hydrogens is 228 g/mol. The second kappa shape index (κ2) is 6.19. The lowest BCUT2D eigenvalue weighted by Crippen LogP contribution is -2.36. The number of rotatable bonds is 4. The predicted molar refractivity (Wildman–Crippen MR) is 72.5 cm³/mol. The van der Waals surface area contributed by atoms with Gasteiger partial charge in [-0.05, 0) is 31.0 Å². The van der Waals surface area contributed by atoms with Crippen LogP contribution in [0.15, 0.2) is 24.3 Å². The summed E-state index contributed by atoms with van der Waals surface area (Å²) in [5, 5.41) is 5.58. The van der Waals surface area contributed by atoms with Crippen molar-refractivity contribution in [1.82, 2.24) is 5.32 Å². The smallest absolute Gasteiger partial charge is 0.251 e. The minimum atomic E-state index is -0.150. The van der Waals surface area contributed by atoms with E-state index in [-0.39, 0.29) is 17.9 Å². The summed E-state index contributed by atoms with van der Waals surface area (Å²) in [6.07, 6.45) is 0. The van der Waals surface area contributed by atoms with Crippen molar-refractivity contribution >= 4 is 17.5 Å². The Morgan fingerprint density at radius 3 is 2.39 bits per heavy atom. The normalized spacial score (nSPS) is 12.1. The molecule has 0 fully saturated rings. The second-order valence-corrected chi connectivity index (χ2v) is 4.77. The Morgan fingerprint density at radius 2 is 1.83 bits per heavy atom. The van der Waals surface area contributed by atoms with E-state index < -0.39 is 0 Å². The molecule has 4 nitrogen and oxygen atoms in total. The molecule has 0 spiro atoms. The Hall–Kier alpha value is -1.84. The lowest BCUT2D eigenvalue weighted by atomic mass is 10.1. The van der Waals surface area contributed by atoms with Gasteiger partial charge in [-0.1, -0.05) is 19.9 Å². The maximum Gasteiger partial charge on any atom is 0.251 e. The van der Waals surface area contributed by atoms with E-state index in [1.54, 1.807) is 24.3 Å². The number of hydrogen-bond acceptors (Lipinski definition) is 2. The van der Waals surface area contributed by atoms with Gasteiger partial charge in [0.1, 0.15) is 0 Å². The molecule has 4 heteroatoms. The van der Waals surface area contributed by atoms with Crippen molar-refractivity contribution in [3.8, 4) is 0 Å². The van der Waals surface area contributed by atoms with E-state index in [0.717, 1.165) is 0 Å². The number of nitrogens with one attached hydrogen (secondary N) is 2.